The smallest absolute Gasteiger partial charge is 0.310 e. The van der Waals surface area contributed by atoms with Crippen LogP contribution >= 0.6 is 47.8 Å². The molecule has 5 nitrogen and oxygen atoms in total. The first kappa shape index (κ1) is 25.2. The molecule has 0 saturated carbocycles. The molecular formula is C30H20Br3N3O2. The van der Waals surface area contributed by atoms with Crippen LogP contribution in [0.5, 0.6) is 0 Å². The van der Waals surface area contributed by atoms with E-state index in [0.717, 1.165) is 53.5 Å². The molecule has 0 aliphatic carbocycles. The molecule has 0 fully saturated rings. The van der Waals surface area contributed by atoms with Gasteiger partial charge in [-0.25, -0.2) is 5.01 Å². The molecule has 2 aromatic heterocycles. The highest BCUT2D eigenvalue weighted by atomic mass is 79.9. The standard InChI is InChI=1S/C30H20Br3N3O2/c1-17-28(29(19-5-3-2-4-6-19)22-15-21(32)11-12-23(22)34-17)24-16-25(18-7-9-20(31)10-8-18)36(35-24)30(37)26-13-14-27(33)38-26/h2-15,25H,16H2,1H3/t25-/m1/s1. The van der Waals surface area contributed by atoms with Crippen LogP contribution in [0.1, 0.15) is 39.8 Å². The summed E-state index contributed by atoms with van der Waals surface area (Å²) in [6, 6.07) is 27.5. The maximum Gasteiger partial charge on any atom is 0.310 e. The van der Waals surface area contributed by atoms with E-state index in [1.54, 1.807) is 17.1 Å². The molecule has 1 aliphatic heterocycles. The summed E-state index contributed by atoms with van der Waals surface area (Å²) in [6.07, 6.45) is 0.539. The number of hydrogen-bond donors (Lipinski definition) is 0. The summed E-state index contributed by atoms with van der Waals surface area (Å²) in [7, 11) is 0. The minimum absolute atomic E-state index is 0.226. The van der Waals surface area contributed by atoms with E-state index in [0.29, 0.717) is 11.1 Å². The van der Waals surface area contributed by atoms with Crippen molar-refractivity contribution in [2.45, 2.75) is 19.4 Å². The van der Waals surface area contributed by atoms with Crippen molar-refractivity contribution in [3.05, 3.63) is 121 Å². The van der Waals surface area contributed by atoms with Crippen molar-refractivity contribution >= 4 is 70.3 Å². The molecule has 0 bridgehead atoms. The topological polar surface area (TPSA) is 58.7 Å². The van der Waals surface area contributed by atoms with Gasteiger partial charge in [0.15, 0.2) is 10.4 Å². The van der Waals surface area contributed by atoms with Crippen LogP contribution in [-0.2, 0) is 0 Å². The molecule has 0 radical (unpaired) electrons. The number of benzene rings is 3. The highest BCUT2D eigenvalue weighted by molar-refractivity contribution is 9.11. The summed E-state index contributed by atoms with van der Waals surface area (Å²) >= 11 is 10.5. The Balaban J connectivity index is 1.56. The predicted octanol–water partition coefficient (Wildman–Crippen LogP) is 9.08. The number of hydrazone groups is 1. The van der Waals surface area contributed by atoms with Gasteiger partial charge in [0, 0.05) is 37.6 Å². The second-order valence-corrected chi connectivity index (χ2v) is 11.7. The summed E-state index contributed by atoms with van der Waals surface area (Å²) in [5, 5.41) is 7.53. The molecule has 0 spiro atoms. The van der Waals surface area contributed by atoms with Crippen molar-refractivity contribution in [3.63, 3.8) is 0 Å². The largest absolute Gasteiger partial charge is 0.444 e. The van der Waals surface area contributed by atoms with E-state index >= 15 is 0 Å². The molecule has 0 N–H and O–H groups in total. The Morgan fingerprint density at radius 2 is 1.63 bits per heavy atom. The molecule has 38 heavy (non-hydrogen) atoms. The quantitative estimate of drug-likeness (QED) is 0.189. The molecule has 0 unspecified atom stereocenters. The minimum atomic E-state index is -0.297. The van der Waals surface area contributed by atoms with E-state index in [1.165, 1.54) is 0 Å². The molecule has 3 aromatic carbocycles. The third-order valence-corrected chi connectivity index (χ3v) is 8.08. The SMILES string of the molecule is Cc1nc2ccc(Br)cc2c(-c2ccccc2)c1C1=NN(C(=O)c2ccc(Br)o2)[C@@H](c2ccc(Br)cc2)C1. The van der Waals surface area contributed by atoms with Crippen LogP contribution in [0.3, 0.4) is 0 Å². The number of nitrogens with zero attached hydrogens (tertiary/aromatic N) is 3. The van der Waals surface area contributed by atoms with Gasteiger partial charge in [-0.2, -0.15) is 5.10 Å². The van der Waals surface area contributed by atoms with E-state index in [1.807, 2.05) is 61.5 Å². The number of hydrogen-bond acceptors (Lipinski definition) is 4. The minimum Gasteiger partial charge on any atom is -0.444 e. The number of carbonyl (C=O) groups excluding carboxylic acids is 1. The Bertz CT molecular complexity index is 1710. The van der Waals surface area contributed by atoms with Crippen LogP contribution in [0.4, 0.5) is 0 Å². The van der Waals surface area contributed by atoms with Gasteiger partial charge >= 0.3 is 5.91 Å². The number of aromatic nitrogens is 1. The summed E-state index contributed by atoms with van der Waals surface area (Å²) in [6.45, 7) is 2.01. The highest BCUT2D eigenvalue weighted by Crippen LogP contribution is 2.40. The molecule has 1 atom stereocenters. The van der Waals surface area contributed by atoms with Crippen molar-refractivity contribution in [1.29, 1.82) is 0 Å². The van der Waals surface area contributed by atoms with Crippen LogP contribution < -0.4 is 0 Å². The predicted molar refractivity (Wildman–Crippen MR) is 160 cm³/mol. The number of rotatable bonds is 4. The first-order chi connectivity index (χ1) is 18.4. The first-order valence-electron chi connectivity index (χ1n) is 12.0. The number of aryl methyl sites for hydroxylation is 1. The fourth-order valence-electron chi connectivity index (χ4n) is 4.95. The van der Waals surface area contributed by atoms with E-state index in [2.05, 4.69) is 66.0 Å². The summed E-state index contributed by atoms with van der Waals surface area (Å²) < 4.78 is 8.06. The third kappa shape index (κ3) is 4.65. The van der Waals surface area contributed by atoms with Crippen LogP contribution in [0.2, 0.25) is 0 Å². The Morgan fingerprint density at radius 1 is 0.895 bits per heavy atom. The molecular weight excluding hydrogens is 674 g/mol. The lowest BCUT2D eigenvalue weighted by Crippen LogP contribution is -2.26. The van der Waals surface area contributed by atoms with Crippen molar-refractivity contribution in [3.8, 4) is 11.1 Å². The van der Waals surface area contributed by atoms with Crippen molar-refractivity contribution in [2.24, 2.45) is 5.10 Å². The zero-order valence-electron chi connectivity index (χ0n) is 20.2. The third-order valence-electron chi connectivity index (χ3n) is 6.64. The lowest BCUT2D eigenvalue weighted by atomic mass is 9.89. The molecule has 0 saturated heterocycles. The number of halogens is 3. The van der Waals surface area contributed by atoms with Crippen LogP contribution in [-0.4, -0.2) is 21.6 Å². The molecule has 5 aromatic rings. The Kier molecular flexibility index (Phi) is 6.80. The lowest BCUT2D eigenvalue weighted by molar-refractivity contribution is 0.0677. The zero-order valence-corrected chi connectivity index (χ0v) is 24.9. The highest BCUT2D eigenvalue weighted by Gasteiger charge is 2.36. The normalized spacial score (nSPS) is 15.2. The van der Waals surface area contributed by atoms with Crippen LogP contribution in [0.25, 0.3) is 22.0 Å². The second kappa shape index (κ2) is 10.2. The number of fused-ring (bicyclic) bond motifs is 1. The number of carbonyl (C=O) groups is 1. The Labute approximate surface area is 245 Å². The number of furan rings is 1. The zero-order chi connectivity index (χ0) is 26.4. The van der Waals surface area contributed by atoms with Crippen molar-refractivity contribution in [1.82, 2.24) is 9.99 Å². The van der Waals surface area contributed by atoms with Gasteiger partial charge in [-0.3, -0.25) is 9.78 Å². The van der Waals surface area contributed by atoms with E-state index in [-0.39, 0.29) is 17.7 Å². The molecule has 3 heterocycles. The van der Waals surface area contributed by atoms with Gasteiger partial charge < -0.3 is 4.42 Å². The van der Waals surface area contributed by atoms with Gasteiger partial charge in [-0.15, -0.1) is 0 Å². The lowest BCUT2D eigenvalue weighted by Gasteiger charge is -2.21. The maximum atomic E-state index is 13.7. The van der Waals surface area contributed by atoms with E-state index in [9.17, 15) is 4.79 Å². The van der Waals surface area contributed by atoms with Gasteiger partial charge in [0.2, 0.25) is 0 Å². The first-order valence-corrected chi connectivity index (χ1v) is 14.3. The second-order valence-electron chi connectivity index (χ2n) is 9.05. The molecule has 8 heteroatoms. The Morgan fingerprint density at radius 3 is 2.34 bits per heavy atom. The van der Waals surface area contributed by atoms with Crippen LogP contribution in [0.15, 0.2) is 108 Å². The van der Waals surface area contributed by atoms with Gasteiger partial charge in [0.25, 0.3) is 0 Å². The van der Waals surface area contributed by atoms with E-state index < -0.39 is 0 Å². The fraction of sp³-hybridized carbons (Fsp3) is 0.100. The van der Waals surface area contributed by atoms with Crippen molar-refractivity contribution < 1.29 is 9.21 Å². The molecule has 1 aliphatic rings. The average Bonchev–Trinajstić information content (AvgIpc) is 3.55. The molecule has 6 rings (SSSR count). The average molecular weight is 694 g/mol. The summed E-state index contributed by atoms with van der Waals surface area (Å²) in [4.78, 5) is 18.6. The van der Waals surface area contributed by atoms with E-state index in [4.69, 9.17) is 14.5 Å². The molecule has 188 valence electrons. The monoisotopic (exact) mass is 691 g/mol. The van der Waals surface area contributed by atoms with Gasteiger partial charge in [-0.1, -0.05) is 74.3 Å². The summed E-state index contributed by atoms with van der Waals surface area (Å²) in [5.41, 5.74) is 6.63. The number of amides is 1. The van der Waals surface area contributed by atoms with Gasteiger partial charge in [0.1, 0.15) is 0 Å². The van der Waals surface area contributed by atoms with Gasteiger partial charge in [0.05, 0.1) is 17.3 Å². The van der Waals surface area contributed by atoms with Crippen LogP contribution in [0, 0.1) is 6.92 Å². The fourth-order valence-corrected chi connectivity index (χ4v) is 5.88. The maximum absolute atomic E-state index is 13.7. The van der Waals surface area contributed by atoms with Gasteiger partial charge in [-0.05, 0) is 76.4 Å². The number of pyridine rings is 1. The summed E-state index contributed by atoms with van der Waals surface area (Å²) in [5.74, 6) is -0.0708. The molecule has 1 amide bonds. The van der Waals surface area contributed by atoms with Crippen molar-refractivity contribution in [2.75, 3.05) is 0 Å². The Hall–Kier alpha value is -3.07.